The van der Waals surface area contributed by atoms with Crippen molar-refractivity contribution in [2.24, 2.45) is 0 Å². The zero-order chi connectivity index (χ0) is 17.9. The Hall–Kier alpha value is -3.07. The molecule has 0 saturated carbocycles. The molecule has 26 heavy (non-hydrogen) atoms. The molecule has 1 aliphatic carbocycles. The molecule has 0 heterocycles. The second-order valence-corrected chi connectivity index (χ2v) is 6.38. The lowest BCUT2D eigenvalue weighted by Crippen LogP contribution is -2.05. The van der Waals surface area contributed by atoms with E-state index in [1.54, 1.807) is 12.1 Å². The second kappa shape index (κ2) is 7.04. The summed E-state index contributed by atoms with van der Waals surface area (Å²) in [6.45, 7) is 0.616. The van der Waals surface area contributed by atoms with E-state index in [-0.39, 0.29) is 5.97 Å². The summed E-state index contributed by atoms with van der Waals surface area (Å²) in [5.74, 6) is 0.782. The van der Waals surface area contributed by atoms with E-state index in [0.717, 1.165) is 12.2 Å². The van der Waals surface area contributed by atoms with E-state index < -0.39 is 0 Å². The summed E-state index contributed by atoms with van der Waals surface area (Å²) in [4.78, 5) is 11.5. The van der Waals surface area contributed by atoms with Gasteiger partial charge in [0.15, 0.2) is 0 Å². The number of esters is 1. The lowest BCUT2D eigenvalue weighted by molar-refractivity contribution is 0.0600. The van der Waals surface area contributed by atoms with Crippen LogP contribution in [-0.4, -0.2) is 19.7 Å². The normalized spacial score (nSPS) is 12.3. The molecule has 0 fully saturated rings. The molecule has 3 heteroatoms. The molecule has 0 amide bonds. The van der Waals surface area contributed by atoms with Crippen LogP contribution in [0, 0.1) is 0 Å². The van der Waals surface area contributed by atoms with Crippen molar-refractivity contribution in [3.63, 3.8) is 0 Å². The minimum atomic E-state index is -0.337. The highest BCUT2D eigenvalue weighted by atomic mass is 16.5. The van der Waals surface area contributed by atoms with Crippen LogP contribution in [0.1, 0.15) is 33.8 Å². The van der Waals surface area contributed by atoms with Crippen LogP contribution in [0.25, 0.3) is 11.1 Å². The van der Waals surface area contributed by atoms with Crippen LogP contribution in [0.3, 0.4) is 0 Å². The van der Waals surface area contributed by atoms with Crippen molar-refractivity contribution in [3.8, 4) is 16.9 Å². The third-order valence-electron chi connectivity index (χ3n) is 4.91. The first kappa shape index (κ1) is 16.4. The summed E-state index contributed by atoms with van der Waals surface area (Å²) in [5.41, 5.74) is 5.93. The van der Waals surface area contributed by atoms with Crippen molar-refractivity contribution in [1.29, 1.82) is 0 Å². The second-order valence-electron chi connectivity index (χ2n) is 6.38. The van der Waals surface area contributed by atoms with E-state index in [9.17, 15) is 4.79 Å². The predicted molar refractivity (Wildman–Crippen MR) is 102 cm³/mol. The minimum Gasteiger partial charge on any atom is -0.494 e. The molecule has 0 bridgehead atoms. The van der Waals surface area contributed by atoms with Gasteiger partial charge in [-0.3, -0.25) is 0 Å². The third kappa shape index (κ3) is 2.97. The van der Waals surface area contributed by atoms with E-state index in [1.165, 1.54) is 29.4 Å². The summed E-state index contributed by atoms with van der Waals surface area (Å²) < 4.78 is 10.6. The first-order valence-electron chi connectivity index (χ1n) is 8.77. The van der Waals surface area contributed by atoms with Crippen molar-refractivity contribution in [2.45, 2.75) is 12.3 Å². The number of hydrogen-bond acceptors (Lipinski definition) is 3. The van der Waals surface area contributed by atoms with Gasteiger partial charge in [0, 0.05) is 5.92 Å². The van der Waals surface area contributed by atoms with Crippen LogP contribution in [-0.2, 0) is 4.74 Å². The Morgan fingerprint density at radius 1 is 0.846 bits per heavy atom. The molecule has 4 rings (SSSR count). The van der Waals surface area contributed by atoms with E-state index in [2.05, 4.69) is 48.5 Å². The van der Waals surface area contributed by atoms with E-state index >= 15 is 0 Å². The maximum absolute atomic E-state index is 11.5. The van der Waals surface area contributed by atoms with Gasteiger partial charge in [-0.25, -0.2) is 4.79 Å². The van der Waals surface area contributed by atoms with Gasteiger partial charge in [0.25, 0.3) is 0 Å². The average Bonchev–Trinajstić information content (AvgIpc) is 3.02. The van der Waals surface area contributed by atoms with Crippen molar-refractivity contribution >= 4 is 5.97 Å². The minimum absolute atomic E-state index is 0.337. The number of carbonyl (C=O) groups is 1. The largest absolute Gasteiger partial charge is 0.494 e. The summed E-state index contributed by atoms with van der Waals surface area (Å²) in [5, 5.41) is 0. The standard InChI is InChI=1S/C23H20O3/c1-25-23(24)16-10-12-17(13-11-16)26-15-14-22-20-8-4-2-6-18(20)19-7-3-5-9-21(19)22/h2-13,22H,14-15H2,1H3. The molecule has 0 spiro atoms. The number of carbonyl (C=O) groups excluding carboxylic acids is 1. The van der Waals surface area contributed by atoms with Crippen LogP contribution in [0.4, 0.5) is 0 Å². The Bertz CT molecular complexity index is 883. The summed E-state index contributed by atoms with van der Waals surface area (Å²) >= 11 is 0. The zero-order valence-electron chi connectivity index (χ0n) is 14.6. The fourth-order valence-corrected chi connectivity index (χ4v) is 3.67. The summed E-state index contributed by atoms with van der Waals surface area (Å²) in [6, 6.07) is 24.3. The molecule has 0 radical (unpaired) electrons. The van der Waals surface area contributed by atoms with Crippen molar-refractivity contribution < 1.29 is 14.3 Å². The molecule has 0 aliphatic heterocycles. The van der Waals surface area contributed by atoms with Gasteiger partial charge >= 0.3 is 5.97 Å². The van der Waals surface area contributed by atoms with Gasteiger partial charge in [0.05, 0.1) is 19.3 Å². The molecular formula is C23H20O3. The Balaban J connectivity index is 1.46. The molecule has 0 atom stereocenters. The van der Waals surface area contributed by atoms with Crippen LogP contribution in [0.5, 0.6) is 5.75 Å². The van der Waals surface area contributed by atoms with Crippen molar-refractivity contribution in [3.05, 3.63) is 89.5 Å². The van der Waals surface area contributed by atoms with Crippen molar-refractivity contribution in [1.82, 2.24) is 0 Å². The fraction of sp³-hybridized carbons (Fsp3) is 0.174. The van der Waals surface area contributed by atoms with Crippen LogP contribution >= 0.6 is 0 Å². The average molecular weight is 344 g/mol. The van der Waals surface area contributed by atoms with Crippen LogP contribution < -0.4 is 4.74 Å². The fourth-order valence-electron chi connectivity index (χ4n) is 3.67. The van der Waals surface area contributed by atoms with Gasteiger partial charge in [-0.2, -0.15) is 0 Å². The molecule has 0 unspecified atom stereocenters. The monoisotopic (exact) mass is 344 g/mol. The molecule has 0 N–H and O–H groups in total. The molecular weight excluding hydrogens is 324 g/mol. The number of fused-ring (bicyclic) bond motifs is 3. The Morgan fingerprint density at radius 2 is 1.42 bits per heavy atom. The molecule has 0 aromatic heterocycles. The van der Waals surface area contributed by atoms with Gasteiger partial charge in [-0.05, 0) is 52.9 Å². The number of rotatable bonds is 5. The smallest absolute Gasteiger partial charge is 0.337 e. The maximum Gasteiger partial charge on any atom is 0.337 e. The summed E-state index contributed by atoms with van der Waals surface area (Å²) in [6.07, 6.45) is 0.910. The van der Waals surface area contributed by atoms with E-state index in [1.807, 2.05) is 12.1 Å². The highest BCUT2D eigenvalue weighted by Crippen LogP contribution is 2.45. The number of benzene rings is 3. The first-order chi connectivity index (χ1) is 12.8. The molecule has 1 aliphatic rings. The van der Waals surface area contributed by atoms with Gasteiger partial charge in [-0.15, -0.1) is 0 Å². The van der Waals surface area contributed by atoms with E-state index in [0.29, 0.717) is 18.1 Å². The Kier molecular flexibility index (Phi) is 4.44. The predicted octanol–water partition coefficient (Wildman–Crippen LogP) is 5.05. The van der Waals surface area contributed by atoms with Gasteiger partial charge in [0.1, 0.15) is 5.75 Å². The molecule has 0 saturated heterocycles. The maximum atomic E-state index is 11.5. The quantitative estimate of drug-likeness (QED) is 0.607. The topological polar surface area (TPSA) is 35.5 Å². The lowest BCUT2D eigenvalue weighted by atomic mass is 9.94. The molecule has 3 aromatic rings. The third-order valence-corrected chi connectivity index (χ3v) is 4.91. The van der Waals surface area contributed by atoms with Gasteiger partial charge in [0.2, 0.25) is 0 Å². The van der Waals surface area contributed by atoms with E-state index in [4.69, 9.17) is 9.47 Å². The van der Waals surface area contributed by atoms with Gasteiger partial charge in [-0.1, -0.05) is 48.5 Å². The van der Waals surface area contributed by atoms with Crippen LogP contribution in [0.15, 0.2) is 72.8 Å². The molecule has 3 aromatic carbocycles. The first-order valence-corrected chi connectivity index (χ1v) is 8.77. The highest BCUT2D eigenvalue weighted by molar-refractivity contribution is 5.89. The Labute approximate surface area is 153 Å². The number of hydrogen-bond donors (Lipinski definition) is 0. The number of methoxy groups -OCH3 is 1. The van der Waals surface area contributed by atoms with Crippen molar-refractivity contribution in [2.75, 3.05) is 13.7 Å². The Morgan fingerprint density at radius 3 is 2.00 bits per heavy atom. The lowest BCUT2D eigenvalue weighted by Gasteiger charge is -2.14. The van der Waals surface area contributed by atoms with Crippen LogP contribution in [0.2, 0.25) is 0 Å². The SMILES string of the molecule is COC(=O)c1ccc(OCCC2c3ccccc3-c3ccccc32)cc1. The summed E-state index contributed by atoms with van der Waals surface area (Å²) in [7, 11) is 1.38. The molecule has 3 nitrogen and oxygen atoms in total. The molecule has 130 valence electrons. The highest BCUT2D eigenvalue weighted by Gasteiger charge is 2.27. The zero-order valence-corrected chi connectivity index (χ0v) is 14.6. The number of ether oxygens (including phenoxy) is 2. The van der Waals surface area contributed by atoms with Gasteiger partial charge < -0.3 is 9.47 Å².